The average Bonchev–Trinajstić information content (AvgIpc) is 2.43. The lowest BCUT2D eigenvalue weighted by molar-refractivity contribution is 0.340. The van der Waals surface area contributed by atoms with Crippen LogP contribution in [-0.4, -0.2) is 12.9 Å². The van der Waals surface area contributed by atoms with Crippen molar-refractivity contribution >= 4 is 29.3 Å². The van der Waals surface area contributed by atoms with E-state index in [0.717, 1.165) is 17.1 Å². The topological polar surface area (TPSA) is 33.6 Å². The molecule has 0 fully saturated rings. The Morgan fingerprint density at radius 3 is 2.42 bits per heavy atom. The number of nitrogens with one attached hydrogen (secondary N) is 1. The molecule has 1 N–H and O–H groups in total. The second-order valence-electron chi connectivity index (χ2n) is 3.84. The molecule has 2 aromatic rings. The number of hydrogen-bond acceptors (Lipinski definition) is 2. The van der Waals surface area contributed by atoms with Gasteiger partial charge < -0.3 is 10.1 Å². The normalized spacial score (nSPS) is 10.6. The van der Waals surface area contributed by atoms with E-state index in [9.17, 15) is 0 Å². The molecular formula is C15H15ClN2O. The van der Waals surface area contributed by atoms with Crippen molar-refractivity contribution in [3.8, 4) is 5.75 Å². The molecule has 4 heteroatoms. The van der Waals surface area contributed by atoms with Crippen molar-refractivity contribution in [1.82, 2.24) is 0 Å². The summed E-state index contributed by atoms with van der Waals surface area (Å²) in [5.74, 6) is 0.864. The first-order chi connectivity index (χ1) is 9.28. The van der Waals surface area contributed by atoms with Crippen LogP contribution in [-0.2, 0) is 0 Å². The van der Waals surface area contributed by atoms with Crippen LogP contribution in [0.2, 0.25) is 5.02 Å². The minimum atomic E-state index is 0.671. The highest BCUT2D eigenvalue weighted by Crippen LogP contribution is 2.17. The van der Waals surface area contributed by atoms with Crippen molar-refractivity contribution in [2.45, 2.75) is 6.92 Å². The number of rotatable bonds is 5. The molecule has 0 saturated carbocycles. The Morgan fingerprint density at radius 1 is 1.11 bits per heavy atom. The SMILES string of the molecule is CCOc1ccc(NC=Nc2ccc(Cl)cc2)cc1. The van der Waals surface area contributed by atoms with Gasteiger partial charge in [-0.05, 0) is 55.5 Å². The summed E-state index contributed by atoms with van der Waals surface area (Å²) in [6.45, 7) is 2.63. The van der Waals surface area contributed by atoms with Crippen molar-refractivity contribution in [3.63, 3.8) is 0 Å². The maximum atomic E-state index is 5.80. The molecule has 0 radical (unpaired) electrons. The predicted molar refractivity (Wildman–Crippen MR) is 80.8 cm³/mol. The largest absolute Gasteiger partial charge is 0.494 e. The van der Waals surface area contributed by atoms with E-state index in [1.54, 1.807) is 6.34 Å². The molecule has 0 atom stereocenters. The van der Waals surface area contributed by atoms with Gasteiger partial charge in [0.2, 0.25) is 0 Å². The first-order valence-electron chi connectivity index (χ1n) is 6.05. The van der Waals surface area contributed by atoms with Crippen molar-refractivity contribution < 1.29 is 4.74 Å². The monoisotopic (exact) mass is 274 g/mol. The van der Waals surface area contributed by atoms with Gasteiger partial charge in [-0.1, -0.05) is 11.6 Å². The van der Waals surface area contributed by atoms with Gasteiger partial charge in [-0.15, -0.1) is 0 Å². The van der Waals surface area contributed by atoms with E-state index in [1.807, 2.05) is 55.5 Å². The van der Waals surface area contributed by atoms with Gasteiger partial charge >= 0.3 is 0 Å². The van der Waals surface area contributed by atoms with Crippen LogP contribution < -0.4 is 10.1 Å². The van der Waals surface area contributed by atoms with E-state index >= 15 is 0 Å². The second-order valence-corrected chi connectivity index (χ2v) is 4.27. The van der Waals surface area contributed by atoms with Crippen molar-refractivity contribution in [2.24, 2.45) is 4.99 Å². The summed E-state index contributed by atoms with van der Waals surface area (Å²) in [6, 6.07) is 15.1. The molecule has 0 unspecified atom stereocenters. The third-order valence-electron chi connectivity index (χ3n) is 2.44. The van der Waals surface area contributed by atoms with E-state index in [4.69, 9.17) is 16.3 Å². The predicted octanol–water partition coefficient (Wildman–Crippen LogP) is 4.51. The Balaban J connectivity index is 1.92. The lowest BCUT2D eigenvalue weighted by Crippen LogP contribution is -1.95. The van der Waals surface area contributed by atoms with Gasteiger partial charge in [-0.2, -0.15) is 0 Å². The highest BCUT2D eigenvalue weighted by Gasteiger charge is 1.93. The van der Waals surface area contributed by atoms with Gasteiger partial charge in [0.05, 0.1) is 18.6 Å². The highest BCUT2D eigenvalue weighted by atomic mass is 35.5. The zero-order chi connectivity index (χ0) is 13.5. The molecule has 2 rings (SSSR count). The molecule has 0 amide bonds. The molecule has 2 aromatic carbocycles. The number of nitrogens with zero attached hydrogens (tertiary/aromatic N) is 1. The molecule has 0 aliphatic carbocycles. The van der Waals surface area contributed by atoms with E-state index < -0.39 is 0 Å². The zero-order valence-corrected chi connectivity index (χ0v) is 11.4. The second kappa shape index (κ2) is 6.81. The molecule has 3 nitrogen and oxygen atoms in total. The molecule has 0 heterocycles. The average molecular weight is 275 g/mol. The van der Waals surface area contributed by atoms with Crippen LogP contribution >= 0.6 is 11.6 Å². The van der Waals surface area contributed by atoms with Crippen LogP contribution in [0, 0.1) is 0 Å². The Labute approximate surface area is 117 Å². The van der Waals surface area contributed by atoms with E-state index in [-0.39, 0.29) is 0 Å². The van der Waals surface area contributed by atoms with Gasteiger partial charge in [-0.3, -0.25) is 0 Å². The number of aliphatic imine (C=N–C) groups is 1. The molecular weight excluding hydrogens is 260 g/mol. The quantitative estimate of drug-likeness (QED) is 0.643. The summed E-state index contributed by atoms with van der Waals surface area (Å²) in [5, 5.41) is 3.80. The van der Waals surface area contributed by atoms with Crippen molar-refractivity contribution in [3.05, 3.63) is 53.6 Å². The molecule has 98 valence electrons. The Bertz CT molecular complexity index is 535. The minimum Gasteiger partial charge on any atom is -0.494 e. The smallest absolute Gasteiger partial charge is 0.119 e. The molecule has 0 saturated heterocycles. The summed E-state index contributed by atoms with van der Waals surface area (Å²) in [4.78, 5) is 4.28. The summed E-state index contributed by atoms with van der Waals surface area (Å²) >= 11 is 5.80. The molecule has 0 aliphatic rings. The number of halogens is 1. The summed E-state index contributed by atoms with van der Waals surface area (Å²) < 4.78 is 5.37. The van der Waals surface area contributed by atoms with Gasteiger partial charge in [-0.25, -0.2) is 4.99 Å². The fraction of sp³-hybridized carbons (Fsp3) is 0.133. The number of anilines is 1. The highest BCUT2D eigenvalue weighted by molar-refractivity contribution is 6.30. The molecule has 0 aromatic heterocycles. The fourth-order valence-corrected chi connectivity index (χ4v) is 1.65. The van der Waals surface area contributed by atoms with Crippen LogP contribution in [0.25, 0.3) is 0 Å². The lowest BCUT2D eigenvalue weighted by atomic mass is 10.3. The standard InChI is InChI=1S/C15H15ClN2O/c1-2-19-15-9-7-14(8-10-15)18-11-17-13-5-3-12(16)4-6-13/h3-11H,2H2,1H3,(H,17,18). The third kappa shape index (κ3) is 4.30. The van der Waals surface area contributed by atoms with Crippen LogP contribution in [0.3, 0.4) is 0 Å². The van der Waals surface area contributed by atoms with Crippen LogP contribution in [0.15, 0.2) is 53.5 Å². The number of ether oxygens (including phenoxy) is 1. The van der Waals surface area contributed by atoms with Crippen LogP contribution in [0.1, 0.15) is 6.92 Å². The molecule has 0 spiro atoms. The van der Waals surface area contributed by atoms with Crippen molar-refractivity contribution in [1.29, 1.82) is 0 Å². The first kappa shape index (κ1) is 13.4. The number of benzene rings is 2. The minimum absolute atomic E-state index is 0.671. The maximum absolute atomic E-state index is 5.80. The Kier molecular flexibility index (Phi) is 4.81. The van der Waals surface area contributed by atoms with Crippen molar-refractivity contribution in [2.75, 3.05) is 11.9 Å². The summed E-state index contributed by atoms with van der Waals surface area (Å²) in [5.41, 5.74) is 1.81. The maximum Gasteiger partial charge on any atom is 0.119 e. The molecule has 0 bridgehead atoms. The third-order valence-corrected chi connectivity index (χ3v) is 2.69. The van der Waals surface area contributed by atoms with E-state index in [2.05, 4.69) is 10.3 Å². The number of hydrogen-bond donors (Lipinski definition) is 1. The Hall–Kier alpha value is -2.00. The summed E-state index contributed by atoms with van der Waals surface area (Å²) in [7, 11) is 0. The van der Waals surface area contributed by atoms with Gasteiger partial charge in [0.25, 0.3) is 0 Å². The zero-order valence-electron chi connectivity index (χ0n) is 10.6. The Morgan fingerprint density at radius 2 is 1.79 bits per heavy atom. The van der Waals surface area contributed by atoms with Crippen LogP contribution in [0.5, 0.6) is 5.75 Å². The van der Waals surface area contributed by atoms with Gasteiger partial charge in [0.15, 0.2) is 0 Å². The molecule has 0 aliphatic heterocycles. The van der Waals surface area contributed by atoms with E-state index in [1.165, 1.54) is 0 Å². The summed E-state index contributed by atoms with van der Waals surface area (Å²) in [6.07, 6.45) is 1.65. The molecule has 19 heavy (non-hydrogen) atoms. The lowest BCUT2D eigenvalue weighted by Gasteiger charge is -2.04. The van der Waals surface area contributed by atoms with Gasteiger partial charge in [0.1, 0.15) is 5.75 Å². The van der Waals surface area contributed by atoms with E-state index in [0.29, 0.717) is 11.6 Å². The fourth-order valence-electron chi connectivity index (χ4n) is 1.52. The van der Waals surface area contributed by atoms with Gasteiger partial charge in [0, 0.05) is 10.7 Å². The van der Waals surface area contributed by atoms with Crippen LogP contribution in [0.4, 0.5) is 11.4 Å². The first-order valence-corrected chi connectivity index (χ1v) is 6.43.